The number of allylic oxidation sites excluding steroid dienone is 1. The van der Waals surface area contributed by atoms with Gasteiger partial charge >= 0.3 is 0 Å². The third-order valence-electron chi connectivity index (χ3n) is 1.75. The van der Waals surface area contributed by atoms with Crippen molar-refractivity contribution in [2.45, 2.75) is 31.5 Å². The fourth-order valence-corrected chi connectivity index (χ4v) is 2.92. The van der Waals surface area contributed by atoms with Crippen LogP contribution in [0, 0.1) is 5.92 Å². The van der Waals surface area contributed by atoms with E-state index < -0.39 is 0 Å². The maximum Gasteiger partial charge on any atom is 0.0210 e. The van der Waals surface area contributed by atoms with Gasteiger partial charge in [0.05, 0.1) is 0 Å². The van der Waals surface area contributed by atoms with Crippen LogP contribution in [0.25, 0.3) is 0 Å². The number of halogens is 1. The third-order valence-corrected chi connectivity index (χ3v) is 3.88. The fourth-order valence-electron chi connectivity index (χ4n) is 1.08. The second-order valence-corrected chi connectivity index (χ2v) is 6.04. The maximum atomic E-state index is 4.26. The van der Waals surface area contributed by atoms with E-state index in [-0.39, 0.29) is 0 Å². The molecule has 0 amide bonds. The predicted octanol–water partition coefficient (Wildman–Crippen LogP) is 4.36. The molecule has 78 valence electrons. The molecule has 0 saturated carbocycles. The average molecular weight is 283 g/mol. The summed E-state index contributed by atoms with van der Waals surface area (Å²) >= 11 is 9.74. The summed E-state index contributed by atoms with van der Waals surface area (Å²) in [5.41, 5.74) is 0. The molecule has 0 N–H and O–H groups in total. The van der Waals surface area contributed by atoms with E-state index in [1.54, 1.807) is 11.8 Å². The lowest BCUT2D eigenvalue weighted by Gasteiger charge is -2.10. The van der Waals surface area contributed by atoms with Crippen molar-refractivity contribution in [3.63, 3.8) is 0 Å². The summed E-state index contributed by atoms with van der Waals surface area (Å²) in [7, 11) is 0. The molecule has 3 heteroatoms. The number of alkyl halides is 1. The molecule has 0 rings (SSSR count). The zero-order chi connectivity index (χ0) is 10.3. The summed E-state index contributed by atoms with van der Waals surface area (Å²) in [6, 6.07) is 0. The molecule has 0 aliphatic carbocycles. The first kappa shape index (κ1) is 13.9. The van der Waals surface area contributed by atoms with Crippen molar-refractivity contribution < 1.29 is 0 Å². The number of rotatable bonds is 6. The minimum Gasteiger partial charge on any atom is -0.174 e. The minimum absolute atomic E-state index is 0.620. The largest absolute Gasteiger partial charge is 0.174 e. The molecule has 0 bridgehead atoms. The minimum atomic E-state index is 0.620. The zero-order valence-corrected chi connectivity index (χ0v) is 11.9. The van der Waals surface area contributed by atoms with Crippen LogP contribution in [0.15, 0.2) is 11.0 Å². The fraction of sp³-hybridized carbons (Fsp3) is 0.800. The van der Waals surface area contributed by atoms with Crippen LogP contribution in [0.3, 0.4) is 0 Å². The molecule has 0 radical (unpaired) electrons. The van der Waals surface area contributed by atoms with E-state index in [1.807, 2.05) is 0 Å². The van der Waals surface area contributed by atoms with Gasteiger partial charge in [0.15, 0.2) is 0 Å². The van der Waals surface area contributed by atoms with Crippen molar-refractivity contribution in [1.82, 2.24) is 0 Å². The molecule has 0 fully saturated rings. The highest BCUT2D eigenvalue weighted by atomic mass is 79.9. The molecular formula is C10H19BrS2. The van der Waals surface area contributed by atoms with Crippen LogP contribution in [-0.2, 0) is 0 Å². The third kappa shape index (κ3) is 7.95. The number of thiol groups is 1. The highest BCUT2D eigenvalue weighted by Crippen LogP contribution is 2.20. The Morgan fingerprint density at radius 2 is 2.15 bits per heavy atom. The van der Waals surface area contributed by atoms with Crippen LogP contribution in [-0.4, -0.2) is 16.8 Å². The summed E-state index contributed by atoms with van der Waals surface area (Å²) in [5.74, 6) is 1.63. The highest BCUT2D eigenvalue weighted by Gasteiger charge is 2.05. The predicted molar refractivity (Wildman–Crippen MR) is 72.2 cm³/mol. The van der Waals surface area contributed by atoms with E-state index in [4.69, 9.17) is 0 Å². The van der Waals surface area contributed by atoms with E-state index in [9.17, 15) is 0 Å². The summed E-state index contributed by atoms with van der Waals surface area (Å²) in [6.07, 6.45) is 6.76. The van der Waals surface area contributed by atoms with Gasteiger partial charge in [-0.3, -0.25) is 0 Å². The van der Waals surface area contributed by atoms with Gasteiger partial charge in [0.25, 0.3) is 0 Å². The van der Waals surface area contributed by atoms with E-state index in [1.165, 1.54) is 11.3 Å². The van der Waals surface area contributed by atoms with Crippen LogP contribution in [0.5, 0.6) is 0 Å². The summed E-state index contributed by atoms with van der Waals surface area (Å²) in [5, 5.41) is 0. The molecule has 0 nitrogen and oxygen atoms in total. The summed E-state index contributed by atoms with van der Waals surface area (Å²) < 4.78 is 0. The first-order valence-electron chi connectivity index (χ1n) is 4.58. The lowest BCUT2D eigenvalue weighted by Crippen LogP contribution is -2.01. The Morgan fingerprint density at radius 3 is 2.54 bits per heavy atom. The van der Waals surface area contributed by atoms with Crippen molar-refractivity contribution in [1.29, 1.82) is 0 Å². The quantitative estimate of drug-likeness (QED) is 0.558. The van der Waals surface area contributed by atoms with Gasteiger partial charge in [-0.1, -0.05) is 35.9 Å². The molecule has 1 atom stereocenters. The molecule has 0 aromatic rings. The highest BCUT2D eigenvalue weighted by molar-refractivity contribution is 9.09. The van der Waals surface area contributed by atoms with Crippen molar-refractivity contribution in [3.05, 3.63) is 11.0 Å². The van der Waals surface area contributed by atoms with Gasteiger partial charge < -0.3 is 0 Å². The molecule has 0 spiro atoms. The Balaban J connectivity index is 3.78. The van der Waals surface area contributed by atoms with Gasteiger partial charge in [-0.05, 0) is 29.9 Å². The number of hydrogen-bond acceptors (Lipinski definition) is 2. The van der Waals surface area contributed by atoms with Crippen LogP contribution in [0.2, 0.25) is 0 Å². The van der Waals surface area contributed by atoms with E-state index >= 15 is 0 Å². The second kappa shape index (κ2) is 8.25. The smallest absolute Gasteiger partial charge is 0.0210 e. The summed E-state index contributed by atoms with van der Waals surface area (Å²) in [6.45, 7) is 4.51. The van der Waals surface area contributed by atoms with Crippen molar-refractivity contribution in [2.75, 3.05) is 12.0 Å². The van der Waals surface area contributed by atoms with Gasteiger partial charge in [-0.25, -0.2) is 0 Å². The van der Waals surface area contributed by atoms with Crippen LogP contribution >= 0.6 is 40.3 Å². The molecule has 0 saturated heterocycles. The van der Waals surface area contributed by atoms with Crippen molar-refractivity contribution in [3.8, 4) is 0 Å². The van der Waals surface area contributed by atoms with Gasteiger partial charge in [-0.2, -0.15) is 12.6 Å². The van der Waals surface area contributed by atoms with Crippen molar-refractivity contribution in [2.24, 2.45) is 5.92 Å². The molecule has 0 aliphatic heterocycles. The molecule has 0 aromatic carbocycles. The van der Waals surface area contributed by atoms with Gasteiger partial charge in [-0.15, -0.1) is 11.8 Å². The molecular weight excluding hydrogens is 264 g/mol. The first-order valence-corrected chi connectivity index (χ1v) is 7.35. The van der Waals surface area contributed by atoms with Crippen molar-refractivity contribution >= 4 is 40.3 Å². The SMILES string of the molecule is CS/C(=C\CC(Br)CC(C)C)CS. The van der Waals surface area contributed by atoms with Crippen LogP contribution < -0.4 is 0 Å². The maximum absolute atomic E-state index is 4.26. The Bertz CT molecular complexity index is 149. The van der Waals surface area contributed by atoms with Crippen LogP contribution in [0.4, 0.5) is 0 Å². The number of thioether (sulfide) groups is 1. The monoisotopic (exact) mass is 282 g/mol. The van der Waals surface area contributed by atoms with E-state index in [0.29, 0.717) is 4.83 Å². The van der Waals surface area contributed by atoms with Crippen LogP contribution in [0.1, 0.15) is 26.7 Å². The molecule has 0 aliphatic rings. The Morgan fingerprint density at radius 1 is 1.54 bits per heavy atom. The van der Waals surface area contributed by atoms with Gasteiger partial charge in [0.2, 0.25) is 0 Å². The lowest BCUT2D eigenvalue weighted by atomic mass is 10.1. The molecule has 1 unspecified atom stereocenters. The molecule has 13 heavy (non-hydrogen) atoms. The Labute approximate surface area is 100 Å². The Hall–Kier alpha value is 0.920. The molecule has 0 heterocycles. The number of hydrogen-bond donors (Lipinski definition) is 1. The topological polar surface area (TPSA) is 0 Å². The van der Waals surface area contributed by atoms with E-state index in [2.05, 4.69) is 54.7 Å². The standard InChI is InChI=1S/C10H19BrS2/c1-8(2)6-9(11)4-5-10(7-12)13-3/h5,8-9,12H,4,6-7H2,1-3H3/b10-5-. The normalized spacial score (nSPS) is 15.1. The summed E-state index contributed by atoms with van der Waals surface area (Å²) in [4.78, 5) is 1.99. The second-order valence-electron chi connectivity index (χ2n) is 3.50. The first-order chi connectivity index (χ1) is 6.10. The van der Waals surface area contributed by atoms with Gasteiger partial charge in [0, 0.05) is 10.6 Å². The molecule has 0 aromatic heterocycles. The zero-order valence-electron chi connectivity index (χ0n) is 8.59. The Kier molecular flexibility index (Phi) is 8.83. The van der Waals surface area contributed by atoms with E-state index in [0.717, 1.165) is 18.1 Å². The average Bonchev–Trinajstić information content (AvgIpc) is 2.05. The lowest BCUT2D eigenvalue weighted by molar-refractivity contribution is 0.574. The van der Waals surface area contributed by atoms with Gasteiger partial charge in [0.1, 0.15) is 0 Å².